The predicted molar refractivity (Wildman–Crippen MR) is 82.5 cm³/mol. The second kappa shape index (κ2) is 6.21. The lowest BCUT2D eigenvalue weighted by atomic mass is 9.80. The summed E-state index contributed by atoms with van der Waals surface area (Å²) in [6.45, 7) is 3.92. The first-order chi connectivity index (χ1) is 9.65. The van der Waals surface area contributed by atoms with Gasteiger partial charge in [0.25, 0.3) is 0 Å². The van der Waals surface area contributed by atoms with Gasteiger partial charge in [0.1, 0.15) is 0 Å². The van der Waals surface area contributed by atoms with Gasteiger partial charge in [0.2, 0.25) is 0 Å². The van der Waals surface area contributed by atoms with E-state index in [4.69, 9.17) is 0 Å². The molecule has 0 amide bonds. The quantitative estimate of drug-likeness (QED) is 0.594. The second-order valence-corrected chi connectivity index (χ2v) is 5.00. The van der Waals surface area contributed by atoms with Gasteiger partial charge < -0.3 is 0 Å². The third kappa shape index (κ3) is 3.16. The summed E-state index contributed by atoms with van der Waals surface area (Å²) in [5, 5.41) is 0. The normalized spacial score (nSPS) is 12.9. The van der Waals surface area contributed by atoms with E-state index in [9.17, 15) is 4.79 Å². The monoisotopic (exact) mass is 262 g/mol. The van der Waals surface area contributed by atoms with Crippen LogP contribution in [-0.4, -0.2) is 5.78 Å². The summed E-state index contributed by atoms with van der Waals surface area (Å²) in [7, 11) is 0. The molecule has 20 heavy (non-hydrogen) atoms. The molecule has 0 unspecified atom stereocenters. The number of carbonyl (C=O) groups excluding carboxylic acids is 1. The number of ketones is 1. The van der Waals surface area contributed by atoms with E-state index in [-0.39, 0.29) is 5.78 Å². The standard InChI is InChI=1S/C19H18O/c1-3-19(2,15-14-16-10-6-4-7-11-16)18(20)17-12-8-5-9-13-17/h4-13H,3H2,1-2H3/t19-/m1/s1. The highest BCUT2D eigenvalue weighted by Crippen LogP contribution is 2.25. The molecule has 1 atom stereocenters. The van der Waals surface area contributed by atoms with Gasteiger partial charge in [0.05, 0.1) is 5.41 Å². The molecule has 0 aliphatic carbocycles. The van der Waals surface area contributed by atoms with Crippen molar-refractivity contribution in [2.75, 3.05) is 0 Å². The van der Waals surface area contributed by atoms with Crippen LogP contribution in [0.5, 0.6) is 0 Å². The van der Waals surface area contributed by atoms with Crippen LogP contribution >= 0.6 is 0 Å². The van der Waals surface area contributed by atoms with E-state index < -0.39 is 5.41 Å². The third-order valence-electron chi connectivity index (χ3n) is 3.50. The molecule has 0 fully saturated rings. The molecule has 0 heterocycles. The number of hydrogen-bond acceptors (Lipinski definition) is 1. The lowest BCUT2D eigenvalue weighted by Gasteiger charge is -2.20. The van der Waals surface area contributed by atoms with E-state index >= 15 is 0 Å². The van der Waals surface area contributed by atoms with Crippen molar-refractivity contribution in [2.24, 2.45) is 5.41 Å². The van der Waals surface area contributed by atoms with E-state index in [2.05, 4.69) is 11.8 Å². The maximum absolute atomic E-state index is 12.6. The van der Waals surface area contributed by atoms with Crippen molar-refractivity contribution < 1.29 is 4.79 Å². The van der Waals surface area contributed by atoms with Gasteiger partial charge in [0, 0.05) is 11.1 Å². The minimum absolute atomic E-state index is 0.0871. The van der Waals surface area contributed by atoms with Crippen LogP contribution in [0.4, 0.5) is 0 Å². The molecule has 2 rings (SSSR count). The summed E-state index contributed by atoms with van der Waals surface area (Å²) in [4.78, 5) is 12.6. The van der Waals surface area contributed by atoms with Crippen molar-refractivity contribution >= 4 is 5.78 Å². The molecule has 0 spiro atoms. The third-order valence-corrected chi connectivity index (χ3v) is 3.50. The van der Waals surface area contributed by atoms with Gasteiger partial charge in [-0.3, -0.25) is 4.79 Å². The first kappa shape index (κ1) is 14.1. The summed E-state index contributed by atoms with van der Waals surface area (Å²) in [5.41, 5.74) is 1.02. The summed E-state index contributed by atoms with van der Waals surface area (Å²) in [6.07, 6.45) is 0.695. The molecule has 0 N–H and O–H groups in total. The molecule has 0 bridgehead atoms. The Morgan fingerprint density at radius 2 is 1.55 bits per heavy atom. The maximum atomic E-state index is 12.6. The Morgan fingerprint density at radius 1 is 1.00 bits per heavy atom. The smallest absolute Gasteiger partial charge is 0.180 e. The van der Waals surface area contributed by atoms with Gasteiger partial charge in [-0.25, -0.2) is 0 Å². The molecule has 2 aromatic rings. The fourth-order valence-corrected chi connectivity index (χ4v) is 1.95. The van der Waals surface area contributed by atoms with Crippen LogP contribution < -0.4 is 0 Å². The molecule has 0 aromatic heterocycles. The Kier molecular flexibility index (Phi) is 4.38. The van der Waals surface area contributed by atoms with Crippen LogP contribution in [-0.2, 0) is 0 Å². The van der Waals surface area contributed by atoms with Crippen LogP contribution in [0.25, 0.3) is 0 Å². The first-order valence-electron chi connectivity index (χ1n) is 6.84. The molecule has 0 saturated carbocycles. The molecule has 0 aliphatic rings. The average molecular weight is 262 g/mol. The van der Waals surface area contributed by atoms with Gasteiger partial charge in [-0.15, -0.1) is 0 Å². The van der Waals surface area contributed by atoms with Crippen LogP contribution in [0.15, 0.2) is 60.7 Å². The highest BCUT2D eigenvalue weighted by Gasteiger charge is 2.29. The Labute approximate surface area is 120 Å². The van der Waals surface area contributed by atoms with Gasteiger partial charge in [-0.05, 0) is 25.5 Å². The number of hydrogen-bond donors (Lipinski definition) is 0. The van der Waals surface area contributed by atoms with E-state index in [1.165, 1.54) is 0 Å². The molecule has 1 heteroatoms. The van der Waals surface area contributed by atoms with Gasteiger partial charge in [-0.1, -0.05) is 67.3 Å². The zero-order valence-corrected chi connectivity index (χ0v) is 11.9. The Morgan fingerprint density at radius 3 is 2.10 bits per heavy atom. The molecule has 100 valence electrons. The fraction of sp³-hybridized carbons (Fsp3) is 0.211. The summed E-state index contributed by atoms with van der Waals surface area (Å²) in [6, 6.07) is 19.1. The van der Waals surface area contributed by atoms with E-state index in [1.807, 2.05) is 74.5 Å². The number of carbonyl (C=O) groups is 1. The van der Waals surface area contributed by atoms with Gasteiger partial charge >= 0.3 is 0 Å². The van der Waals surface area contributed by atoms with Crippen molar-refractivity contribution in [1.29, 1.82) is 0 Å². The summed E-state index contributed by atoms with van der Waals surface area (Å²) >= 11 is 0. The highest BCUT2D eigenvalue weighted by molar-refractivity contribution is 6.02. The van der Waals surface area contributed by atoms with Gasteiger partial charge in [-0.2, -0.15) is 0 Å². The van der Waals surface area contributed by atoms with Crippen LogP contribution in [0, 0.1) is 17.3 Å². The zero-order valence-electron chi connectivity index (χ0n) is 11.9. The van der Waals surface area contributed by atoms with Crippen LogP contribution in [0.1, 0.15) is 36.2 Å². The lowest BCUT2D eigenvalue weighted by Crippen LogP contribution is -2.25. The van der Waals surface area contributed by atoms with Crippen molar-refractivity contribution in [3.63, 3.8) is 0 Å². The minimum Gasteiger partial charge on any atom is -0.292 e. The molecular formula is C19H18O. The highest BCUT2D eigenvalue weighted by atomic mass is 16.1. The topological polar surface area (TPSA) is 17.1 Å². The van der Waals surface area contributed by atoms with Crippen molar-refractivity contribution in [1.82, 2.24) is 0 Å². The first-order valence-corrected chi connectivity index (χ1v) is 6.84. The number of rotatable bonds is 3. The molecule has 0 aliphatic heterocycles. The molecule has 2 aromatic carbocycles. The molecular weight excluding hydrogens is 244 g/mol. The minimum atomic E-state index is -0.642. The molecule has 0 saturated heterocycles. The number of benzene rings is 2. The van der Waals surface area contributed by atoms with E-state index in [0.29, 0.717) is 6.42 Å². The van der Waals surface area contributed by atoms with Crippen molar-refractivity contribution in [3.05, 3.63) is 71.8 Å². The zero-order chi connectivity index (χ0) is 14.4. The van der Waals surface area contributed by atoms with Crippen LogP contribution in [0.3, 0.4) is 0 Å². The van der Waals surface area contributed by atoms with Crippen molar-refractivity contribution in [3.8, 4) is 11.8 Å². The average Bonchev–Trinajstić information content (AvgIpc) is 2.53. The predicted octanol–water partition coefficient (Wildman–Crippen LogP) is 4.34. The Balaban J connectivity index is 2.31. The maximum Gasteiger partial charge on any atom is 0.180 e. The molecule has 0 radical (unpaired) electrons. The summed E-state index contributed by atoms with van der Waals surface area (Å²) < 4.78 is 0. The van der Waals surface area contributed by atoms with Gasteiger partial charge in [0.15, 0.2) is 5.78 Å². The fourth-order valence-electron chi connectivity index (χ4n) is 1.95. The SMILES string of the molecule is CC[C@](C)(C#Cc1ccccc1)C(=O)c1ccccc1. The van der Waals surface area contributed by atoms with Crippen molar-refractivity contribution in [2.45, 2.75) is 20.3 Å². The Bertz CT molecular complexity index is 632. The molecule has 1 nitrogen and oxygen atoms in total. The lowest BCUT2D eigenvalue weighted by molar-refractivity contribution is 0.0874. The van der Waals surface area contributed by atoms with Crippen LogP contribution in [0.2, 0.25) is 0 Å². The Hall–Kier alpha value is -2.33. The van der Waals surface area contributed by atoms with E-state index in [0.717, 1.165) is 11.1 Å². The summed E-state index contributed by atoms with van der Waals surface area (Å²) in [5.74, 6) is 6.36. The van der Waals surface area contributed by atoms with E-state index in [1.54, 1.807) is 0 Å². The second-order valence-electron chi connectivity index (χ2n) is 5.00. The largest absolute Gasteiger partial charge is 0.292 e. The number of Topliss-reactive ketones (excluding diaryl/α,β-unsaturated/α-hetero) is 1.